The lowest BCUT2D eigenvalue weighted by Crippen LogP contribution is -2.33. The van der Waals surface area contributed by atoms with Gasteiger partial charge >= 0.3 is 17.8 Å². The summed E-state index contributed by atoms with van der Waals surface area (Å²) in [7, 11) is 0. The Bertz CT molecular complexity index is 991. The lowest BCUT2D eigenvalue weighted by atomic mass is 10.1. The SMILES string of the molecule is CCOC(=O)c1cn(-c2ccc(N3CCOC3=O)c(C)c2)c(=O)[nH]c1=O. The molecular formula is C17H17N3O6. The molecule has 0 atom stereocenters. The zero-order chi connectivity index (χ0) is 18.8. The molecule has 0 bridgehead atoms. The standard InChI is InChI=1S/C17H17N3O6/c1-3-25-15(22)12-9-20(16(23)18-14(12)21)11-4-5-13(10(2)8-11)19-6-7-26-17(19)24/h4-5,8-9H,3,6-7H2,1-2H3,(H,18,21,23). The summed E-state index contributed by atoms with van der Waals surface area (Å²) in [6, 6.07) is 4.97. The average molecular weight is 359 g/mol. The van der Waals surface area contributed by atoms with E-state index in [9.17, 15) is 19.2 Å². The van der Waals surface area contributed by atoms with Gasteiger partial charge in [-0.2, -0.15) is 0 Å². The smallest absolute Gasteiger partial charge is 0.414 e. The van der Waals surface area contributed by atoms with Crippen molar-refractivity contribution in [1.29, 1.82) is 0 Å². The number of amides is 1. The van der Waals surface area contributed by atoms with Gasteiger partial charge in [-0.15, -0.1) is 0 Å². The number of rotatable bonds is 4. The minimum absolute atomic E-state index is 0.108. The molecule has 0 radical (unpaired) electrons. The largest absolute Gasteiger partial charge is 0.462 e. The van der Waals surface area contributed by atoms with Crippen LogP contribution in [0.15, 0.2) is 34.0 Å². The van der Waals surface area contributed by atoms with Gasteiger partial charge in [0.2, 0.25) is 0 Å². The summed E-state index contributed by atoms with van der Waals surface area (Å²) in [6.07, 6.45) is 0.726. The molecule has 136 valence electrons. The van der Waals surface area contributed by atoms with Crippen LogP contribution in [0.5, 0.6) is 0 Å². The van der Waals surface area contributed by atoms with Crippen molar-refractivity contribution in [3.63, 3.8) is 0 Å². The Morgan fingerprint density at radius 1 is 1.31 bits per heavy atom. The lowest BCUT2D eigenvalue weighted by Gasteiger charge is -2.17. The summed E-state index contributed by atoms with van der Waals surface area (Å²) in [4.78, 5) is 51.2. The van der Waals surface area contributed by atoms with Gasteiger partial charge < -0.3 is 9.47 Å². The van der Waals surface area contributed by atoms with Crippen LogP contribution in [-0.4, -0.2) is 41.4 Å². The quantitative estimate of drug-likeness (QED) is 0.815. The first-order valence-corrected chi connectivity index (χ1v) is 8.00. The number of aromatic nitrogens is 2. The van der Waals surface area contributed by atoms with Gasteiger partial charge in [0.25, 0.3) is 5.56 Å². The summed E-state index contributed by atoms with van der Waals surface area (Å²) < 4.78 is 10.9. The number of carbonyl (C=O) groups excluding carboxylic acids is 2. The number of benzene rings is 1. The first-order valence-electron chi connectivity index (χ1n) is 8.00. The van der Waals surface area contributed by atoms with Crippen molar-refractivity contribution in [2.75, 3.05) is 24.7 Å². The molecule has 1 aromatic carbocycles. The minimum Gasteiger partial charge on any atom is -0.462 e. The number of carbonyl (C=O) groups is 2. The highest BCUT2D eigenvalue weighted by atomic mass is 16.6. The fourth-order valence-electron chi connectivity index (χ4n) is 2.72. The van der Waals surface area contributed by atoms with Crippen LogP contribution < -0.4 is 16.1 Å². The van der Waals surface area contributed by atoms with Crippen LogP contribution in [0.1, 0.15) is 22.8 Å². The molecule has 1 N–H and O–H groups in total. The Kier molecular flexibility index (Phi) is 4.61. The van der Waals surface area contributed by atoms with Crippen LogP contribution in [0.4, 0.5) is 10.5 Å². The lowest BCUT2D eigenvalue weighted by molar-refractivity contribution is 0.0523. The summed E-state index contributed by atoms with van der Waals surface area (Å²) in [5, 5.41) is 0. The van der Waals surface area contributed by atoms with Gasteiger partial charge in [0.1, 0.15) is 12.2 Å². The van der Waals surface area contributed by atoms with Gasteiger partial charge in [-0.3, -0.25) is 19.2 Å². The van der Waals surface area contributed by atoms with E-state index in [1.165, 1.54) is 4.90 Å². The molecule has 3 rings (SSSR count). The van der Waals surface area contributed by atoms with Crippen LogP contribution in [0.25, 0.3) is 5.69 Å². The van der Waals surface area contributed by atoms with Gasteiger partial charge in [-0.25, -0.2) is 14.4 Å². The van der Waals surface area contributed by atoms with Gasteiger partial charge in [-0.05, 0) is 37.6 Å². The maximum atomic E-state index is 12.1. The molecule has 1 aliphatic heterocycles. The number of cyclic esters (lactones) is 1. The predicted molar refractivity (Wildman–Crippen MR) is 92.0 cm³/mol. The number of aromatic amines is 1. The fourth-order valence-corrected chi connectivity index (χ4v) is 2.72. The second-order valence-electron chi connectivity index (χ2n) is 5.63. The molecule has 0 unspecified atom stereocenters. The summed E-state index contributed by atoms with van der Waals surface area (Å²) in [5.41, 5.74) is 0.0759. The van der Waals surface area contributed by atoms with E-state index in [0.717, 1.165) is 16.3 Å². The normalized spacial score (nSPS) is 13.6. The van der Waals surface area contributed by atoms with Crippen molar-refractivity contribution in [3.8, 4) is 5.69 Å². The molecule has 26 heavy (non-hydrogen) atoms. The number of nitrogens with one attached hydrogen (secondary N) is 1. The van der Waals surface area contributed by atoms with Crippen molar-refractivity contribution >= 4 is 17.7 Å². The van der Waals surface area contributed by atoms with Gasteiger partial charge in [0.05, 0.1) is 24.5 Å². The number of hydrogen-bond acceptors (Lipinski definition) is 6. The number of nitrogens with zero attached hydrogens (tertiary/aromatic N) is 2. The van der Waals surface area contributed by atoms with Crippen molar-refractivity contribution in [2.24, 2.45) is 0 Å². The maximum absolute atomic E-state index is 12.1. The van der Waals surface area contributed by atoms with E-state index in [4.69, 9.17) is 9.47 Å². The van der Waals surface area contributed by atoms with Crippen LogP contribution in [-0.2, 0) is 9.47 Å². The van der Waals surface area contributed by atoms with Crippen molar-refractivity contribution in [3.05, 3.63) is 56.4 Å². The molecule has 1 saturated heterocycles. The Balaban J connectivity index is 2.04. The molecule has 9 heteroatoms. The zero-order valence-electron chi connectivity index (χ0n) is 14.3. The van der Waals surface area contributed by atoms with Gasteiger partial charge in [0.15, 0.2) is 0 Å². The molecular weight excluding hydrogens is 342 g/mol. The van der Waals surface area contributed by atoms with Crippen LogP contribution in [0, 0.1) is 6.92 Å². The van der Waals surface area contributed by atoms with Crippen molar-refractivity contribution < 1.29 is 19.1 Å². The second kappa shape index (κ2) is 6.87. The van der Waals surface area contributed by atoms with E-state index >= 15 is 0 Å². The highest BCUT2D eigenvalue weighted by Crippen LogP contribution is 2.25. The molecule has 2 aromatic rings. The van der Waals surface area contributed by atoms with Gasteiger partial charge in [0, 0.05) is 6.20 Å². The molecule has 1 aliphatic rings. The molecule has 1 aromatic heterocycles. The Morgan fingerprint density at radius 2 is 2.08 bits per heavy atom. The molecule has 1 amide bonds. The van der Waals surface area contributed by atoms with E-state index in [2.05, 4.69) is 4.98 Å². The molecule has 0 aliphatic carbocycles. The van der Waals surface area contributed by atoms with E-state index in [1.807, 2.05) is 0 Å². The maximum Gasteiger partial charge on any atom is 0.414 e. The first-order chi connectivity index (χ1) is 12.4. The number of ether oxygens (including phenoxy) is 2. The number of anilines is 1. The Morgan fingerprint density at radius 3 is 2.69 bits per heavy atom. The molecule has 2 heterocycles. The molecule has 9 nitrogen and oxygen atoms in total. The van der Waals surface area contributed by atoms with E-state index in [-0.39, 0.29) is 12.2 Å². The third-order valence-corrected chi connectivity index (χ3v) is 3.95. The Hall–Kier alpha value is -3.36. The number of hydrogen-bond donors (Lipinski definition) is 1. The Labute approximate surface area is 147 Å². The fraction of sp³-hybridized carbons (Fsp3) is 0.294. The summed E-state index contributed by atoms with van der Waals surface area (Å²) in [5.74, 6) is -0.810. The second-order valence-corrected chi connectivity index (χ2v) is 5.63. The third kappa shape index (κ3) is 3.10. The van der Waals surface area contributed by atoms with Crippen LogP contribution in [0.2, 0.25) is 0 Å². The number of H-pyrrole nitrogens is 1. The zero-order valence-corrected chi connectivity index (χ0v) is 14.3. The molecule has 1 fully saturated rings. The highest BCUT2D eigenvalue weighted by molar-refractivity contribution is 5.90. The molecule has 0 spiro atoms. The van der Waals surface area contributed by atoms with Gasteiger partial charge in [-0.1, -0.05) is 0 Å². The van der Waals surface area contributed by atoms with Crippen molar-refractivity contribution in [2.45, 2.75) is 13.8 Å². The predicted octanol–water partition coefficient (Wildman–Crippen LogP) is 0.968. The highest BCUT2D eigenvalue weighted by Gasteiger charge is 2.25. The minimum atomic E-state index is -0.810. The summed E-state index contributed by atoms with van der Waals surface area (Å²) >= 11 is 0. The van der Waals surface area contributed by atoms with Crippen LogP contribution in [0.3, 0.4) is 0 Å². The first kappa shape index (κ1) is 17.5. The number of aryl methyl sites for hydroxylation is 1. The van der Waals surface area contributed by atoms with E-state index in [0.29, 0.717) is 24.5 Å². The topological polar surface area (TPSA) is 111 Å². The molecule has 0 saturated carbocycles. The third-order valence-electron chi connectivity index (χ3n) is 3.95. The van der Waals surface area contributed by atoms with Crippen LogP contribution >= 0.6 is 0 Å². The van der Waals surface area contributed by atoms with Crippen molar-refractivity contribution in [1.82, 2.24) is 9.55 Å². The van der Waals surface area contributed by atoms with E-state index < -0.39 is 23.3 Å². The average Bonchev–Trinajstić information content (AvgIpc) is 3.01. The van der Waals surface area contributed by atoms with E-state index in [1.54, 1.807) is 32.0 Å². The monoisotopic (exact) mass is 359 g/mol. The number of esters is 1. The summed E-state index contributed by atoms with van der Waals surface area (Å²) in [6.45, 7) is 4.28.